The molecule has 1 aromatic heterocycles. The Bertz CT molecular complexity index is 385. The SMILES string of the molecule is COCCCn1ccc(NC(=O)C2CCNC2)n1. The predicted octanol–water partition coefficient (Wildman–Crippen LogP) is 0.468. The Hall–Kier alpha value is -1.40. The van der Waals surface area contributed by atoms with Gasteiger partial charge in [0.1, 0.15) is 0 Å². The number of anilines is 1. The summed E-state index contributed by atoms with van der Waals surface area (Å²) in [5, 5.41) is 10.3. The minimum absolute atomic E-state index is 0.0575. The number of carbonyl (C=O) groups is 1. The minimum atomic E-state index is 0.0575. The van der Waals surface area contributed by atoms with Crippen molar-refractivity contribution in [1.82, 2.24) is 15.1 Å². The van der Waals surface area contributed by atoms with Crippen molar-refractivity contribution < 1.29 is 9.53 Å². The number of methoxy groups -OCH3 is 1. The maximum atomic E-state index is 11.9. The first kappa shape index (κ1) is 13.0. The number of nitrogens with one attached hydrogen (secondary N) is 2. The van der Waals surface area contributed by atoms with Gasteiger partial charge >= 0.3 is 0 Å². The van der Waals surface area contributed by atoms with Crippen LogP contribution in [-0.2, 0) is 16.1 Å². The zero-order chi connectivity index (χ0) is 12.8. The molecule has 1 fully saturated rings. The van der Waals surface area contributed by atoms with Gasteiger partial charge in [0.2, 0.25) is 5.91 Å². The lowest BCUT2D eigenvalue weighted by Gasteiger charge is -2.07. The highest BCUT2D eigenvalue weighted by Gasteiger charge is 2.22. The normalized spacial score (nSPS) is 19.1. The Morgan fingerprint density at radius 1 is 1.72 bits per heavy atom. The van der Waals surface area contributed by atoms with Gasteiger partial charge in [-0.05, 0) is 19.4 Å². The number of amides is 1. The van der Waals surface area contributed by atoms with Gasteiger partial charge in [-0.2, -0.15) is 5.10 Å². The Kier molecular flexibility index (Phi) is 4.72. The Morgan fingerprint density at radius 2 is 2.61 bits per heavy atom. The Labute approximate surface area is 107 Å². The van der Waals surface area contributed by atoms with Crippen LogP contribution in [0.1, 0.15) is 12.8 Å². The molecule has 18 heavy (non-hydrogen) atoms. The largest absolute Gasteiger partial charge is 0.385 e. The number of aryl methyl sites for hydroxylation is 1. The van der Waals surface area contributed by atoms with Gasteiger partial charge in [-0.15, -0.1) is 0 Å². The maximum Gasteiger partial charge on any atom is 0.230 e. The molecule has 2 rings (SSSR count). The summed E-state index contributed by atoms with van der Waals surface area (Å²) < 4.78 is 6.81. The second-order valence-corrected chi connectivity index (χ2v) is 4.49. The van der Waals surface area contributed by atoms with Gasteiger partial charge in [0.05, 0.1) is 5.92 Å². The maximum absolute atomic E-state index is 11.9. The molecule has 0 spiro atoms. The smallest absolute Gasteiger partial charge is 0.230 e. The molecule has 1 unspecified atom stereocenters. The molecule has 0 aliphatic carbocycles. The quantitative estimate of drug-likeness (QED) is 0.722. The molecule has 1 aliphatic rings. The lowest BCUT2D eigenvalue weighted by atomic mass is 10.1. The molecule has 6 nitrogen and oxygen atoms in total. The summed E-state index contributed by atoms with van der Waals surface area (Å²) in [5.41, 5.74) is 0. The van der Waals surface area contributed by atoms with Crippen molar-refractivity contribution in [3.8, 4) is 0 Å². The third-order valence-corrected chi connectivity index (χ3v) is 3.06. The van der Waals surface area contributed by atoms with E-state index in [1.54, 1.807) is 7.11 Å². The topological polar surface area (TPSA) is 68.2 Å². The van der Waals surface area contributed by atoms with Crippen molar-refractivity contribution in [2.45, 2.75) is 19.4 Å². The predicted molar refractivity (Wildman–Crippen MR) is 68.3 cm³/mol. The number of carbonyl (C=O) groups excluding carboxylic acids is 1. The Morgan fingerprint density at radius 3 is 3.33 bits per heavy atom. The van der Waals surface area contributed by atoms with Gasteiger partial charge in [-0.1, -0.05) is 0 Å². The van der Waals surface area contributed by atoms with Crippen LogP contribution in [0.15, 0.2) is 12.3 Å². The van der Waals surface area contributed by atoms with E-state index < -0.39 is 0 Å². The van der Waals surface area contributed by atoms with Crippen molar-refractivity contribution in [1.29, 1.82) is 0 Å². The van der Waals surface area contributed by atoms with Gasteiger partial charge in [0.25, 0.3) is 0 Å². The average molecular weight is 252 g/mol. The fourth-order valence-electron chi connectivity index (χ4n) is 2.03. The molecule has 1 amide bonds. The highest BCUT2D eigenvalue weighted by atomic mass is 16.5. The summed E-state index contributed by atoms with van der Waals surface area (Å²) in [4.78, 5) is 11.9. The number of rotatable bonds is 6. The van der Waals surface area contributed by atoms with Crippen molar-refractivity contribution in [2.75, 3.05) is 32.1 Å². The van der Waals surface area contributed by atoms with Crippen LogP contribution in [0.4, 0.5) is 5.82 Å². The first-order valence-corrected chi connectivity index (χ1v) is 6.33. The van der Waals surface area contributed by atoms with Crippen LogP contribution in [0.2, 0.25) is 0 Å². The molecule has 1 saturated heterocycles. The number of aromatic nitrogens is 2. The summed E-state index contributed by atoms with van der Waals surface area (Å²) in [6.07, 6.45) is 3.69. The molecule has 0 saturated carbocycles. The van der Waals surface area contributed by atoms with Crippen LogP contribution < -0.4 is 10.6 Å². The Balaban J connectivity index is 1.80. The van der Waals surface area contributed by atoms with Crippen molar-refractivity contribution in [3.63, 3.8) is 0 Å². The third-order valence-electron chi connectivity index (χ3n) is 3.06. The van der Waals surface area contributed by atoms with E-state index >= 15 is 0 Å². The average Bonchev–Trinajstić information content (AvgIpc) is 3.00. The van der Waals surface area contributed by atoms with E-state index in [1.807, 2.05) is 16.9 Å². The van der Waals surface area contributed by atoms with E-state index in [0.29, 0.717) is 5.82 Å². The van der Waals surface area contributed by atoms with Gasteiger partial charge in [0, 0.05) is 39.1 Å². The van der Waals surface area contributed by atoms with Crippen molar-refractivity contribution >= 4 is 11.7 Å². The molecule has 6 heteroatoms. The summed E-state index contributed by atoms with van der Waals surface area (Å²) in [5.74, 6) is 0.759. The van der Waals surface area contributed by atoms with Crippen molar-refractivity contribution in [3.05, 3.63) is 12.3 Å². The van der Waals surface area contributed by atoms with E-state index in [1.165, 1.54) is 0 Å². The number of ether oxygens (including phenoxy) is 1. The lowest BCUT2D eigenvalue weighted by Crippen LogP contribution is -2.24. The van der Waals surface area contributed by atoms with Gasteiger partial charge in [-0.3, -0.25) is 9.48 Å². The lowest BCUT2D eigenvalue weighted by molar-refractivity contribution is -0.119. The molecule has 1 atom stereocenters. The van der Waals surface area contributed by atoms with Crippen LogP contribution in [0.5, 0.6) is 0 Å². The highest BCUT2D eigenvalue weighted by molar-refractivity contribution is 5.91. The molecule has 2 N–H and O–H groups in total. The van der Waals surface area contributed by atoms with E-state index in [4.69, 9.17) is 4.74 Å². The number of hydrogen-bond acceptors (Lipinski definition) is 4. The summed E-state index contributed by atoms with van der Waals surface area (Å²) in [6.45, 7) is 3.20. The zero-order valence-electron chi connectivity index (χ0n) is 10.7. The minimum Gasteiger partial charge on any atom is -0.385 e. The molecular formula is C12H20N4O2. The number of nitrogens with zero attached hydrogens (tertiary/aromatic N) is 2. The van der Waals surface area contributed by atoms with E-state index in [2.05, 4.69) is 15.7 Å². The first-order valence-electron chi connectivity index (χ1n) is 6.33. The monoisotopic (exact) mass is 252 g/mol. The fraction of sp³-hybridized carbons (Fsp3) is 0.667. The van der Waals surface area contributed by atoms with E-state index in [-0.39, 0.29) is 11.8 Å². The van der Waals surface area contributed by atoms with Crippen LogP contribution in [0, 0.1) is 5.92 Å². The van der Waals surface area contributed by atoms with E-state index in [9.17, 15) is 4.79 Å². The van der Waals surface area contributed by atoms with E-state index in [0.717, 1.165) is 39.1 Å². The molecule has 0 radical (unpaired) electrons. The standard InChI is InChI=1S/C12H20N4O2/c1-18-8-2-6-16-7-4-11(15-16)14-12(17)10-3-5-13-9-10/h4,7,10,13H,2-3,5-6,8-9H2,1H3,(H,14,15,17). The zero-order valence-corrected chi connectivity index (χ0v) is 10.7. The van der Waals surface area contributed by atoms with Crippen LogP contribution in [0.25, 0.3) is 0 Å². The van der Waals surface area contributed by atoms with Gasteiger partial charge in [0.15, 0.2) is 5.82 Å². The second kappa shape index (κ2) is 6.51. The first-order chi connectivity index (χ1) is 8.79. The van der Waals surface area contributed by atoms with Crippen molar-refractivity contribution in [2.24, 2.45) is 5.92 Å². The summed E-state index contributed by atoms with van der Waals surface area (Å²) in [6, 6.07) is 1.83. The van der Waals surface area contributed by atoms with Gasteiger partial charge in [-0.25, -0.2) is 0 Å². The molecule has 0 aromatic carbocycles. The summed E-state index contributed by atoms with van der Waals surface area (Å²) >= 11 is 0. The molecule has 2 heterocycles. The molecular weight excluding hydrogens is 232 g/mol. The van der Waals surface area contributed by atoms with Crippen LogP contribution in [-0.4, -0.2) is 42.5 Å². The number of hydrogen-bond donors (Lipinski definition) is 2. The second-order valence-electron chi connectivity index (χ2n) is 4.49. The van der Waals surface area contributed by atoms with Gasteiger partial charge < -0.3 is 15.4 Å². The fourth-order valence-corrected chi connectivity index (χ4v) is 2.03. The molecule has 0 bridgehead atoms. The molecule has 100 valence electrons. The molecule has 1 aromatic rings. The molecule has 1 aliphatic heterocycles. The van der Waals surface area contributed by atoms with Crippen LogP contribution >= 0.6 is 0 Å². The summed E-state index contributed by atoms with van der Waals surface area (Å²) in [7, 11) is 1.68. The van der Waals surface area contributed by atoms with Crippen LogP contribution in [0.3, 0.4) is 0 Å². The highest BCUT2D eigenvalue weighted by Crippen LogP contribution is 2.11. The third kappa shape index (κ3) is 3.54.